The van der Waals surface area contributed by atoms with Crippen molar-refractivity contribution in [2.24, 2.45) is 0 Å². The Labute approximate surface area is 184 Å². The molecule has 2 aromatic rings. The summed E-state index contributed by atoms with van der Waals surface area (Å²) in [5.41, 5.74) is 7.09. The van der Waals surface area contributed by atoms with E-state index in [0.29, 0.717) is 11.6 Å². The van der Waals surface area contributed by atoms with Crippen molar-refractivity contribution < 1.29 is 9.59 Å². The van der Waals surface area contributed by atoms with Crippen molar-refractivity contribution in [1.82, 2.24) is 10.2 Å². The number of carbonyl (C=O) groups is 2. The third-order valence-electron chi connectivity index (χ3n) is 6.74. The summed E-state index contributed by atoms with van der Waals surface area (Å²) in [4.78, 5) is 29.1. The SMILES string of the molecule is Cc1ccc(CN2C(=O)N/C(=C\c3cc4c(cc3C)N(C)C(C)(C)CC4C)C2=O)cc1. The van der Waals surface area contributed by atoms with Crippen LogP contribution in [0.3, 0.4) is 0 Å². The van der Waals surface area contributed by atoms with Crippen molar-refractivity contribution in [2.75, 3.05) is 11.9 Å². The highest BCUT2D eigenvalue weighted by Gasteiger charge is 2.36. The number of rotatable bonds is 3. The van der Waals surface area contributed by atoms with Gasteiger partial charge in [0.25, 0.3) is 5.91 Å². The molecule has 5 heteroatoms. The largest absolute Gasteiger partial charge is 0.369 e. The van der Waals surface area contributed by atoms with Crippen LogP contribution in [-0.4, -0.2) is 29.4 Å². The average Bonchev–Trinajstić information content (AvgIpc) is 2.96. The standard InChI is InChI=1S/C26H31N3O2/c1-16-7-9-19(10-8-16)15-29-24(30)22(27-25(29)31)13-20-12-21-18(3)14-26(4,5)28(6)23(21)11-17(20)2/h7-13,18H,14-15H2,1-6H3,(H,27,31)/b22-13-. The Bertz CT molecular complexity index is 1080. The number of aryl methyl sites for hydroxylation is 2. The molecule has 1 unspecified atom stereocenters. The average molecular weight is 418 g/mol. The highest BCUT2D eigenvalue weighted by atomic mass is 16.2. The van der Waals surface area contributed by atoms with Crippen LogP contribution in [0.5, 0.6) is 0 Å². The van der Waals surface area contributed by atoms with Gasteiger partial charge in [0.1, 0.15) is 5.70 Å². The number of benzene rings is 2. The van der Waals surface area contributed by atoms with Gasteiger partial charge in [0.05, 0.1) is 6.54 Å². The zero-order valence-corrected chi connectivity index (χ0v) is 19.2. The van der Waals surface area contributed by atoms with E-state index >= 15 is 0 Å². The minimum Gasteiger partial charge on any atom is -0.369 e. The number of amides is 3. The number of urea groups is 1. The van der Waals surface area contributed by atoms with E-state index in [0.717, 1.165) is 28.7 Å². The number of imide groups is 1. The molecule has 31 heavy (non-hydrogen) atoms. The van der Waals surface area contributed by atoms with Crippen LogP contribution in [0, 0.1) is 13.8 Å². The first kappa shape index (κ1) is 21.2. The van der Waals surface area contributed by atoms with Crippen molar-refractivity contribution in [1.29, 1.82) is 0 Å². The molecule has 2 aliphatic heterocycles. The Kier molecular flexibility index (Phi) is 5.16. The number of hydrogen-bond donors (Lipinski definition) is 1. The summed E-state index contributed by atoms with van der Waals surface area (Å²) < 4.78 is 0. The zero-order valence-electron chi connectivity index (χ0n) is 19.2. The van der Waals surface area contributed by atoms with E-state index in [-0.39, 0.29) is 24.0 Å². The van der Waals surface area contributed by atoms with Crippen molar-refractivity contribution >= 4 is 23.7 Å². The molecule has 0 radical (unpaired) electrons. The summed E-state index contributed by atoms with van der Waals surface area (Å²) in [6.45, 7) is 11.1. The van der Waals surface area contributed by atoms with E-state index < -0.39 is 0 Å². The molecule has 2 heterocycles. The molecule has 1 saturated heterocycles. The molecule has 0 bridgehead atoms. The number of anilines is 1. The van der Waals surface area contributed by atoms with Gasteiger partial charge in [0.15, 0.2) is 0 Å². The molecule has 5 nitrogen and oxygen atoms in total. The Balaban J connectivity index is 1.63. The van der Waals surface area contributed by atoms with Crippen LogP contribution in [0.2, 0.25) is 0 Å². The summed E-state index contributed by atoms with van der Waals surface area (Å²) in [5, 5.41) is 2.76. The molecule has 1 atom stereocenters. The number of nitrogens with zero attached hydrogens (tertiary/aromatic N) is 2. The first-order valence-corrected chi connectivity index (χ1v) is 10.9. The molecule has 4 rings (SSSR count). The predicted molar refractivity (Wildman–Crippen MR) is 125 cm³/mol. The van der Waals surface area contributed by atoms with Gasteiger partial charge in [-0.05, 0) is 80.5 Å². The summed E-state index contributed by atoms with van der Waals surface area (Å²) in [7, 11) is 2.14. The number of nitrogens with one attached hydrogen (secondary N) is 1. The van der Waals surface area contributed by atoms with Gasteiger partial charge in [-0.25, -0.2) is 4.79 Å². The van der Waals surface area contributed by atoms with Gasteiger partial charge in [-0.2, -0.15) is 0 Å². The molecule has 1 fully saturated rings. The second-order valence-electron chi connectivity index (χ2n) is 9.61. The van der Waals surface area contributed by atoms with E-state index in [2.05, 4.69) is 57.1 Å². The summed E-state index contributed by atoms with van der Waals surface area (Å²) >= 11 is 0. The van der Waals surface area contributed by atoms with Crippen molar-refractivity contribution in [3.05, 3.63) is 69.9 Å². The molecule has 2 aliphatic rings. The predicted octanol–water partition coefficient (Wildman–Crippen LogP) is 5.12. The lowest BCUT2D eigenvalue weighted by atomic mass is 9.79. The van der Waals surface area contributed by atoms with Gasteiger partial charge in [0, 0.05) is 18.3 Å². The lowest BCUT2D eigenvalue weighted by Gasteiger charge is -2.45. The molecule has 0 saturated carbocycles. The van der Waals surface area contributed by atoms with E-state index in [1.807, 2.05) is 37.3 Å². The third-order valence-corrected chi connectivity index (χ3v) is 6.74. The quantitative estimate of drug-likeness (QED) is 0.557. The molecular formula is C26H31N3O2. The maximum absolute atomic E-state index is 13.0. The number of fused-ring (bicyclic) bond motifs is 1. The fourth-order valence-corrected chi connectivity index (χ4v) is 4.64. The molecule has 0 aliphatic carbocycles. The monoisotopic (exact) mass is 417 g/mol. The molecule has 0 spiro atoms. The lowest BCUT2D eigenvalue weighted by molar-refractivity contribution is -0.123. The molecule has 3 amide bonds. The van der Waals surface area contributed by atoms with Crippen LogP contribution in [0.15, 0.2) is 42.1 Å². The second kappa shape index (κ2) is 7.56. The first-order chi connectivity index (χ1) is 14.6. The van der Waals surface area contributed by atoms with Crippen LogP contribution in [-0.2, 0) is 11.3 Å². The summed E-state index contributed by atoms with van der Waals surface area (Å²) in [6.07, 6.45) is 2.88. The van der Waals surface area contributed by atoms with E-state index in [1.54, 1.807) is 0 Å². The Morgan fingerprint density at radius 3 is 2.48 bits per heavy atom. The van der Waals surface area contributed by atoms with Crippen molar-refractivity contribution in [2.45, 2.75) is 59.0 Å². The maximum Gasteiger partial charge on any atom is 0.329 e. The third kappa shape index (κ3) is 3.85. The van der Waals surface area contributed by atoms with Crippen LogP contribution in [0.1, 0.15) is 60.9 Å². The van der Waals surface area contributed by atoms with Gasteiger partial charge < -0.3 is 10.2 Å². The van der Waals surface area contributed by atoms with Crippen LogP contribution >= 0.6 is 0 Å². The van der Waals surface area contributed by atoms with E-state index in [4.69, 9.17) is 0 Å². The van der Waals surface area contributed by atoms with Gasteiger partial charge in [0.2, 0.25) is 0 Å². The molecule has 162 valence electrons. The minimum atomic E-state index is -0.373. The minimum absolute atomic E-state index is 0.102. The normalized spacial score (nSPS) is 21.5. The highest BCUT2D eigenvalue weighted by Crippen LogP contribution is 2.43. The summed E-state index contributed by atoms with van der Waals surface area (Å²) in [6, 6.07) is 11.9. The molecule has 0 aromatic heterocycles. The second-order valence-corrected chi connectivity index (χ2v) is 9.61. The summed E-state index contributed by atoms with van der Waals surface area (Å²) in [5.74, 6) is 0.139. The Morgan fingerprint density at radius 1 is 1.13 bits per heavy atom. The Morgan fingerprint density at radius 2 is 1.81 bits per heavy atom. The van der Waals surface area contributed by atoms with Gasteiger partial charge in [-0.3, -0.25) is 9.69 Å². The molecule has 1 N–H and O–H groups in total. The zero-order chi connectivity index (χ0) is 22.5. The van der Waals surface area contributed by atoms with Crippen LogP contribution in [0.25, 0.3) is 6.08 Å². The van der Waals surface area contributed by atoms with E-state index in [1.165, 1.54) is 16.2 Å². The topological polar surface area (TPSA) is 52.7 Å². The fourth-order valence-electron chi connectivity index (χ4n) is 4.64. The van der Waals surface area contributed by atoms with Crippen molar-refractivity contribution in [3.8, 4) is 0 Å². The fraction of sp³-hybridized carbons (Fsp3) is 0.385. The van der Waals surface area contributed by atoms with E-state index in [9.17, 15) is 9.59 Å². The van der Waals surface area contributed by atoms with Gasteiger partial charge in [-0.1, -0.05) is 36.8 Å². The maximum atomic E-state index is 13.0. The number of carbonyl (C=O) groups excluding carboxylic acids is 2. The lowest BCUT2D eigenvalue weighted by Crippen LogP contribution is -2.45. The Hall–Kier alpha value is -3.08. The number of hydrogen-bond acceptors (Lipinski definition) is 3. The molecule has 2 aromatic carbocycles. The van der Waals surface area contributed by atoms with Crippen molar-refractivity contribution in [3.63, 3.8) is 0 Å². The molecular weight excluding hydrogens is 386 g/mol. The van der Waals surface area contributed by atoms with Crippen LogP contribution in [0.4, 0.5) is 10.5 Å². The first-order valence-electron chi connectivity index (χ1n) is 10.9. The highest BCUT2D eigenvalue weighted by molar-refractivity contribution is 6.14. The van der Waals surface area contributed by atoms with Gasteiger partial charge >= 0.3 is 6.03 Å². The van der Waals surface area contributed by atoms with Gasteiger partial charge in [-0.15, -0.1) is 0 Å². The van der Waals surface area contributed by atoms with Crippen LogP contribution < -0.4 is 10.2 Å². The smallest absolute Gasteiger partial charge is 0.329 e.